The summed E-state index contributed by atoms with van der Waals surface area (Å²) in [5.74, 6) is -0.256. The molecule has 1 atom stereocenters. The molecule has 1 amide bonds. The summed E-state index contributed by atoms with van der Waals surface area (Å²) < 4.78 is 27.4. The molecule has 0 aliphatic rings. The number of aromatic nitrogens is 2. The van der Waals surface area contributed by atoms with Crippen LogP contribution in [0.1, 0.15) is 40.0 Å². The third-order valence-corrected chi connectivity index (χ3v) is 6.16. The molecule has 0 fully saturated rings. The second-order valence-electron chi connectivity index (χ2n) is 8.64. The second kappa shape index (κ2) is 10.1. The van der Waals surface area contributed by atoms with Crippen molar-refractivity contribution >= 4 is 21.6 Å². The van der Waals surface area contributed by atoms with Crippen LogP contribution in [0.4, 0.5) is 5.69 Å². The average molecular weight is 489 g/mol. The minimum absolute atomic E-state index is 0.256. The lowest BCUT2D eigenvalue weighted by Gasteiger charge is -2.16. The van der Waals surface area contributed by atoms with E-state index in [0.717, 1.165) is 28.5 Å². The summed E-state index contributed by atoms with van der Waals surface area (Å²) in [6, 6.07) is 24.5. The molecule has 0 saturated heterocycles. The number of rotatable bonds is 8. The number of nitrogens with zero attached hydrogens (tertiary/aromatic N) is 2. The minimum Gasteiger partial charge on any atom is -0.345 e. The van der Waals surface area contributed by atoms with Crippen LogP contribution in [0.2, 0.25) is 0 Å². The highest BCUT2D eigenvalue weighted by atomic mass is 32.2. The van der Waals surface area contributed by atoms with Crippen LogP contribution >= 0.6 is 0 Å². The van der Waals surface area contributed by atoms with Crippen LogP contribution in [-0.2, 0) is 16.6 Å². The highest BCUT2D eigenvalue weighted by Gasteiger charge is 2.20. The Kier molecular flexibility index (Phi) is 7.02. The smallest absolute Gasteiger partial charge is 0.255 e. The number of nitrogens with one attached hydrogen (secondary N) is 2. The van der Waals surface area contributed by atoms with Crippen LogP contribution in [0.3, 0.4) is 0 Å². The molecule has 0 saturated carbocycles. The molecule has 3 aromatic carbocycles. The molecule has 4 aromatic rings. The van der Waals surface area contributed by atoms with E-state index in [4.69, 9.17) is 5.10 Å². The Morgan fingerprint density at radius 3 is 2.40 bits per heavy atom. The van der Waals surface area contributed by atoms with E-state index in [1.165, 1.54) is 0 Å². The maximum Gasteiger partial charge on any atom is 0.255 e. The zero-order chi connectivity index (χ0) is 25.0. The van der Waals surface area contributed by atoms with E-state index < -0.39 is 10.0 Å². The summed E-state index contributed by atoms with van der Waals surface area (Å²) in [4.78, 5) is 13.4. The van der Waals surface area contributed by atoms with E-state index in [0.29, 0.717) is 23.5 Å². The van der Waals surface area contributed by atoms with Crippen molar-refractivity contribution in [2.75, 3.05) is 11.0 Å². The molecular weight excluding hydrogens is 460 g/mol. The largest absolute Gasteiger partial charge is 0.345 e. The highest BCUT2D eigenvalue weighted by molar-refractivity contribution is 7.92. The molecule has 1 heterocycles. The van der Waals surface area contributed by atoms with Gasteiger partial charge >= 0.3 is 0 Å². The molecule has 7 nitrogen and oxygen atoms in total. The summed E-state index contributed by atoms with van der Waals surface area (Å²) in [5, 5.41) is 7.77. The van der Waals surface area contributed by atoms with Crippen molar-refractivity contribution in [2.45, 2.75) is 26.4 Å². The first kappa shape index (κ1) is 24.2. The van der Waals surface area contributed by atoms with Gasteiger partial charge < -0.3 is 5.32 Å². The molecule has 35 heavy (non-hydrogen) atoms. The monoisotopic (exact) mass is 488 g/mol. The SMILES string of the molecule is Cc1ccc(-c2nn(Cc3ccccc3)cc2C(=O)NC(C)c2cccc(NS(C)(=O)=O)c2)cc1. The third kappa shape index (κ3) is 6.36. The van der Waals surface area contributed by atoms with Gasteiger partial charge in [0.05, 0.1) is 24.4 Å². The van der Waals surface area contributed by atoms with Crippen LogP contribution in [0, 0.1) is 6.92 Å². The first-order valence-electron chi connectivity index (χ1n) is 11.2. The van der Waals surface area contributed by atoms with Gasteiger partial charge in [0, 0.05) is 17.4 Å². The van der Waals surface area contributed by atoms with Crippen molar-refractivity contribution in [3.8, 4) is 11.3 Å². The van der Waals surface area contributed by atoms with Gasteiger partial charge in [0.2, 0.25) is 10.0 Å². The van der Waals surface area contributed by atoms with Crippen molar-refractivity contribution in [3.05, 3.63) is 107 Å². The average Bonchev–Trinajstić information content (AvgIpc) is 3.23. The van der Waals surface area contributed by atoms with Crippen LogP contribution in [0.25, 0.3) is 11.3 Å². The van der Waals surface area contributed by atoms with Gasteiger partial charge in [0.25, 0.3) is 5.91 Å². The number of carbonyl (C=O) groups excluding carboxylic acids is 1. The maximum atomic E-state index is 13.4. The van der Waals surface area contributed by atoms with Gasteiger partial charge in [0.1, 0.15) is 5.69 Å². The standard InChI is InChI=1S/C27H28N4O3S/c1-19-12-14-22(15-13-19)26-25(18-31(29-26)17-21-8-5-4-6-9-21)27(32)28-20(2)23-10-7-11-24(16-23)30-35(3,33)34/h4-16,18,20,30H,17H2,1-3H3,(H,28,32). The number of carbonyl (C=O) groups is 1. The van der Waals surface area contributed by atoms with Crippen molar-refractivity contribution < 1.29 is 13.2 Å². The first-order chi connectivity index (χ1) is 16.7. The van der Waals surface area contributed by atoms with E-state index in [1.807, 2.05) is 74.5 Å². The van der Waals surface area contributed by atoms with Gasteiger partial charge in [-0.05, 0) is 37.1 Å². The number of amides is 1. The summed E-state index contributed by atoms with van der Waals surface area (Å²) >= 11 is 0. The Labute approximate surface area is 205 Å². The van der Waals surface area contributed by atoms with Gasteiger partial charge in [-0.3, -0.25) is 14.2 Å². The molecule has 4 rings (SSSR count). The lowest BCUT2D eigenvalue weighted by molar-refractivity contribution is 0.0940. The number of aryl methyl sites for hydroxylation is 1. The van der Waals surface area contributed by atoms with Gasteiger partial charge in [0.15, 0.2) is 0 Å². The molecule has 0 aliphatic heterocycles. The van der Waals surface area contributed by atoms with Gasteiger partial charge in [-0.15, -0.1) is 0 Å². The predicted molar refractivity (Wildman–Crippen MR) is 139 cm³/mol. The highest BCUT2D eigenvalue weighted by Crippen LogP contribution is 2.25. The lowest BCUT2D eigenvalue weighted by Crippen LogP contribution is -2.27. The Bertz CT molecular complexity index is 1430. The molecule has 0 aliphatic carbocycles. The summed E-state index contributed by atoms with van der Waals surface area (Å²) in [6.07, 6.45) is 2.87. The Balaban J connectivity index is 1.61. The van der Waals surface area contributed by atoms with E-state index >= 15 is 0 Å². The lowest BCUT2D eigenvalue weighted by atomic mass is 10.0. The zero-order valence-electron chi connectivity index (χ0n) is 19.9. The van der Waals surface area contributed by atoms with Gasteiger partial charge in [-0.1, -0.05) is 72.3 Å². The van der Waals surface area contributed by atoms with Crippen molar-refractivity contribution in [1.29, 1.82) is 0 Å². The van der Waals surface area contributed by atoms with E-state index in [1.54, 1.807) is 29.1 Å². The topological polar surface area (TPSA) is 93.1 Å². The quantitative estimate of drug-likeness (QED) is 0.374. The first-order valence-corrected chi connectivity index (χ1v) is 13.1. The molecule has 2 N–H and O–H groups in total. The second-order valence-corrected chi connectivity index (χ2v) is 10.4. The fourth-order valence-corrected chi connectivity index (χ4v) is 4.36. The van der Waals surface area contributed by atoms with Crippen LogP contribution in [0.15, 0.2) is 85.1 Å². The summed E-state index contributed by atoms with van der Waals surface area (Å²) in [5.41, 5.74) is 5.38. The fourth-order valence-electron chi connectivity index (χ4n) is 3.81. The van der Waals surface area contributed by atoms with Crippen molar-refractivity contribution in [1.82, 2.24) is 15.1 Å². The molecule has 1 unspecified atom stereocenters. The Hall–Kier alpha value is -3.91. The van der Waals surface area contributed by atoms with Crippen molar-refractivity contribution in [3.63, 3.8) is 0 Å². The molecule has 0 radical (unpaired) electrons. The van der Waals surface area contributed by atoms with Gasteiger partial charge in [-0.2, -0.15) is 5.10 Å². The maximum absolute atomic E-state index is 13.4. The normalized spacial score (nSPS) is 12.2. The van der Waals surface area contributed by atoms with Crippen molar-refractivity contribution in [2.24, 2.45) is 0 Å². The molecular formula is C27H28N4O3S. The number of anilines is 1. The van der Waals surface area contributed by atoms with E-state index in [9.17, 15) is 13.2 Å². The molecule has 0 spiro atoms. The number of hydrogen-bond donors (Lipinski definition) is 2. The van der Waals surface area contributed by atoms with Gasteiger partial charge in [-0.25, -0.2) is 8.42 Å². The third-order valence-electron chi connectivity index (χ3n) is 5.56. The Morgan fingerprint density at radius 2 is 1.71 bits per heavy atom. The minimum atomic E-state index is -3.40. The summed E-state index contributed by atoms with van der Waals surface area (Å²) in [7, 11) is -3.40. The number of hydrogen-bond acceptors (Lipinski definition) is 4. The summed E-state index contributed by atoms with van der Waals surface area (Å²) in [6.45, 7) is 4.42. The van der Waals surface area contributed by atoms with Crippen LogP contribution < -0.4 is 10.0 Å². The fraction of sp³-hybridized carbons (Fsp3) is 0.185. The predicted octanol–water partition coefficient (Wildman–Crippen LogP) is 4.77. The molecule has 1 aromatic heterocycles. The number of benzene rings is 3. The zero-order valence-corrected chi connectivity index (χ0v) is 20.7. The molecule has 0 bridgehead atoms. The Morgan fingerprint density at radius 1 is 1.00 bits per heavy atom. The van der Waals surface area contributed by atoms with E-state index in [2.05, 4.69) is 10.0 Å². The molecule has 8 heteroatoms. The van der Waals surface area contributed by atoms with Crippen LogP contribution in [0.5, 0.6) is 0 Å². The molecule has 180 valence electrons. The van der Waals surface area contributed by atoms with Crippen LogP contribution in [-0.4, -0.2) is 30.4 Å². The number of sulfonamides is 1. The van der Waals surface area contributed by atoms with E-state index in [-0.39, 0.29) is 11.9 Å².